The van der Waals surface area contributed by atoms with Crippen LogP contribution >= 0.6 is 0 Å². The highest BCUT2D eigenvalue weighted by atomic mass is 19.1. The van der Waals surface area contributed by atoms with Crippen LogP contribution in [0, 0.1) is 17.1 Å². The van der Waals surface area contributed by atoms with Gasteiger partial charge in [0.1, 0.15) is 23.4 Å². The molecule has 0 saturated heterocycles. The van der Waals surface area contributed by atoms with Gasteiger partial charge in [0.05, 0.1) is 24.7 Å². The highest BCUT2D eigenvalue weighted by Crippen LogP contribution is 2.42. The van der Waals surface area contributed by atoms with Crippen molar-refractivity contribution in [3.05, 3.63) is 93.8 Å². The average Bonchev–Trinajstić information content (AvgIpc) is 3.39. The summed E-state index contributed by atoms with van der Waals surface area (Å²) in [6.07, 6.45) is 2.06. The fraction of sp³-hybridized carbons (Fsp3) is 0.259. The van der Waals surface area contributed by atoms with Gasteiger partial charge in [-0.05, 0) is 65.8 Å². The first-order chi connectivity index (χ1) is 16.0. The molecule has 1 aliphatic carbocycles. The zero-order valence-corrected chi connectivity index (χ0v) is 17.9. The maximum atomic E-state index is 13.3. The van der Waals surface area contributed by atoms with E-state index in [1.807, 2.05) is 30.3 Å². The molecular formula is C27H22FNO4. The standard InChI is InChI=1S/C27H22FNO4/c28-19-4-1-16(2-5-19)11-24-17(14-29)3-7-23-22(24)9-10-25(23)33-20-6-8-21-18(12-27(30)31)15-32-26(21)13-20/h1-8,13,18,25H,9-12,15H2,(H,30,31). The topological polar surface area (TPSA) is 79.5 Å². The maximum Gasteiger partial charge on any atom is 0.304 e. The molecule has 5 nitrogen and oxygen atoms in total. The number of hydrogen-bond acceptors (Lipinski definition) is 4. The van der Waals surface area contributed by atoms with Crippen molar-refractivity contribution in [1.29, 1.82) is 5.26 Å². The highest BCUT2D eigenvalue weighted by molar-refractivity contribution is 5.68. The predicted octanol–water partition coefficient (Wildman–Crippen LogP) is 5.31. The number of rotatable bonds is 6. The molecular weight excluding hydrogens is 421 g/mol. The molecule has 3 aromatic carbocycles. The lowest BCUT2D eigenvalue weighted by Crippen LogP contribution is -2.07. The van der Waals surface area contributed by atoms with Crippen LogP contribution in [0.25, 0.3) is 0 Å². The number of nitriles is 1. The fourth-order valence-electron chi connectivity index (χ4n) is 4.85. The number of ether oxygens (including phenoxy) is 2. The second-order valence-electron chi connectivity index (χ2n) is 8.53. The molecule has 1 aliphatic heterocycles. The van der Waals surface area contributed by atoms with Crippen molar-refractivity contribution in [2.45, 2.75) is 37.7 Å². The third kappa shape index (κ3) is 4.14. The molecule has 0 amide bonds. The summed E-state index contributed by atoms with van der Waals surface area (Å²) < 4.78 is 25.3. The SMILES string of the molecule is N#Cc1ccc2c(c1Cc1ccc(F)cc1)CCC2Oc1ccc2c(c1)OCC2CC(=O)O. The number of fused-ring (bicyclic) bond motifs is 2. The summed E-state index contributed by atoms with van der Waals surface area (Å²) in [5, 5.41) is 18.7. The first kappa shape index (κ1) is 21.0. The van der Waals surface area contributed by atoms with Gasteiger partial charge in [-0.25, -0.2) is 4.39 Å². The second-order valence-corrected chi connectivity index (χ2v) is 8.53. The molecule has 33 heavy (non-hydrogen) atoms. The van der Waals surface area contributed by atoms with E-state index in [0.29, 0.717) is 30.1 Å². The number of carbonyl (C=O) groups is 1. The number of carboxylic acid groups (broad SMARTS) is 1. The van der Waals surface area contributed by atoms with Gasteiger partial charge in [0.25, 0.3) is 0 Å². The number of carboxylic acids is 1. The van der Waals surface area contributed by atoms with Crippen LogP contribution in [0.15, 0.2) is 54.6 Å². The highest BCUT2D eigenvalue weighted by Gasteiger charge is 2.30. The second kappa shape index (κ2) is 8.59. The Hall–Kier alpha value is -3.85. The van der Waals surface area contributed by atoms with E-state index in [0.717, 1.165) is 40.7 Å². The molecule has 3 aromatic rings. The van der Waals surface area contributed by atoms with Gasteiger partial charge < -0.3 is 14.6 Å². The normalized spacial score (nSPS) is 18.2. The van der Waals surface area contributed by atoms with E-state index in [2.05, 4.69) is 6.07 Å². The van der Waals surface area contributed by atoms with Gasteiger partial charge in [-0.2, -0.15) is 5.26 Å². The summed E-state index contributed by atoms with van der Waals surface area (Å²) >= 11 is 0. The molecule has 0 aromatic heterocycles. The minimum Gasteiger partial charge on any atom is -0.492 e. The van der Waals surface area contributed by atoms with Crippen molar-refractivity contribution in [1.82, 2.24) is 0 Å². The van der Waals surface area contributed by atoms with E-state index in [9.17, 15) is 14.4 Å². The van der Waals surface area contributed by atoms with Crippen molar-refractivity contribution in [3.63, 3.8) is 0 Å². The molecule has 0 radical (unpaired) electrons. The molecule has 0 bridgehead atoms. The lowest BCUT2D eigenvalue weighted by Gasteiger charge is -2.17. The van der Waals surface area contributed by atoms with Gasteiger partial charge >= 0.3 is 5.97 Å². The van der Waals surface area contributed by atoms with Crippen molar-refractivity contribution in [2.24, 2.45) is 0 Å². The van der Waals surface area contributed by atoms with Crippen LogP contribution in [0.1, 0.15) is 58.2 Å². The van der Waals surface area contributed by atoms with Gasteiger partial charge in [-0.1, -0.05) is 24.3 Å². The van der Waals surface area contributed by atoms with Crippen molar-refractivity contribution >= 4 is 5.97 Å². The largest absolute Gasteiger partial charge is 0.492 e. The van der Waals surface area contributed by atoms with Crippen LogP contribution in [-0.4, -0.2) is 17.7 Å². The summed E-state index contributed by atoms with van der Waals surface area (Å²) in [4.78, 5) is 11.1. The Balaban J connectivity index is 1.39. The summed E-state index contributed by atoms with van der Waals surface area (Å²) in [7, 11) is 0. The van der Waals surface area contributed by atoms with Gasteiger partial charge in [0.15, 0.2) is 0 Å². The summed E-state index contributed by atoms with van der Waals surface area (Å²) in [5.41, 5.74) is 5.66. The number of hydrogen-bond donors (Lipinski definition) is 1. The quantitative estimate of drug-likeness (QED) is 0.559. The van der Waals surface area contributed by atoms with E-state index >= 15 is 0 Å². The smallest absolute Gasteiger partial charge is 0.304 e. The minimum absolute atomic E-state index is 0.0429. The summed E-state index contributed by atoms with van der Waals surface area (Å²) in [6, 6.07) is 18.1. The van der Waals surface area contributed by atoms with Gasteiger partial charge in [0, 0.05) is 17.5 Å². The Morgan fingerprint density at radius 2 is 1.94 bits per heavy atom. The van der Waals surface area contributed by atoms with Gasteiger partial charge in [-0.15, -0.1) is 0 Å². The maximum absolute atomic E-state index is 13.3. The molecule has 166 valence electrons. The first-order valence-corrected chi connectivity index (χ1v) is 11.0. The molecule has 0 spiro atoms. The third-order valence-electron chi connectivity index (χ3n) is 6.45. The lowest BCUT2D eigenvalue weighted by atomic mass is 9.92. The Bertz CT molecular complexity index is 1260. The molecule has 0 fully saturated rings. The summed E-state index contributed by atoms with van der Waals surface area (Å²) in [5.74, 6) is 0.0872. The molecule has 6 heteroatoms. The number of halogens is 1. The van der Waals surface area contributed by atoms with Crippen LogP contribution < -0.4 is 9.47 Å². The van der Waals surface area contributed by atoms with E-state index in [-0.39, 0.29) is 24.3 Å². The van der Waals surface area contributed by atoms with Crippen LogP contribution in [0.5, 0.6) is 11.5 Å². The Labute approximate surface area is 191 Å². The molecule has 5 rings (SSSR count). The average molecular weight is 443 g/mol. The molecule has 2 aliphatic rings. The zero-order chi connectivity index (χ0) is 22.9. The summed E-state index contributed by atoms with van der Waals surface area (Å²) in [6.45, 7) is 0.362. The van der Waals surface area contributed by atoms with E-state index < -0.39 is 5.97 Å². The van der Waals surface area contributed by atoms with Crippen LogP contribution in [0.2, 0.25) is 0 Å². The third-order valence-corrected chi connectivity index (χ3v) is 6.45. The Kier molecular flexibility index (Phi) is 5.47. The Morgan fingerprint density at radius 1 is 1.15 bits per heavy atom. The van der Waals surface area contributed by atoms with Gasteiger partial charge in [-0.3, -0.25) is 4.79 Å². The zero-order valence-electron chi connectivity index (χ0n) is 17.9. The van der Waals surface area contributed by atoms with Crippen molar-refractivity contribution in [2.75, 3.05) is 6.61 Å². The molecule has 2 atom stereocenters. The van der Waals surface area contributed by atoms with Crippen molar-refractivity contribution in [3.8, 4) is 17.6 Å². The van der Waals surface area contributed by atoms with Crippen LogP contribution in [0.4, 0.5) is 4.39 Å². The van der Waals surface area contributed by atoms with Gasteiger partial charge in [0.2, 0.25) is 0 Å². The van der Waals surface area contributed by atoms with E-state index in [1.54, 1.807) is 12.1 Å². The molecule has 1 heterocycles. The monoisotopic (exact) mass is 443 g/mol. The molecule has 1 N–H and O–H groups in total. The predicted molar refractivity (Wildman–Crippen MR) is 119 cm³/mol. The van der Waals surface area contributed by atoms with Crippen LogP contribution in [0.3, 0.4) is 0 Å². The minimum atomic E-state index is -0.840. The first-order valence-electron chi connectivity index (χ1n) is 11.0. The van der Waals surface area contributed by atoms with Crippen molar-refractivity contribution < 1.29 is 23.8 Å². The number of aliphatic carboxylic acids is 1. The lowest BCUT2D eigenvalue weighted by molar-refractivity contribution is -0.137. The number of benzene rings is 3. The molecule has 2 unspecified atom stereocenters. The molecule has 0 saturated carbocycles. The fourth-order valence-corrected chi connectivity index (χ4v) is 4.85. The van der Waals surface area contributed by atoms with E-state index in [1.165, 1.54) is 12.1 Å². The van der Waals surface area contributed by atoms with E-state index in [4.69, 9.17) is 14.6 Å². The number of nitrogens with zero attached hydrogens (tertiary/aromatic N) is 1. The Morgan fingerprint density at radius 3 is 2.70 bits per heavy atom. The van der Waals surface area contributed by atoms with Crippen LogP contribution in [-0.2, 0) is 17.6 Å².